The Kier molecular flexibility index (Phi) is 6.38. The van der Waals surface area contributed by atoms with Gasteiger partial charge in [0, 0.05) is 23.2 Å². The zero-order chi connectivity index (χ0) is 20.1. The van der Waals surface area contributed by atoms with Gasteiger partial charge in [-0.1, -0.05) is 69.9 Å². The fourth-order valence-electron chi connectivity index (χ4n) is 3.71. The van der Waals surface area contributed by atoms with Crippen LogP contribution in [0.2, 0.25) is 6.32 Å². The monoisotopic (exact) mass is 376 g/mol. The number of rotatable bonds is 7. The van der Waals surface area contributed by atoms with Crippen LogP contribution < -0.4 is 5.72 Å². The van der Waals surface area contributed by atoms with Crippen LogP contribution in [0.3, 0.4) is 0 Å². The molecule has 28 heavy (non-hydrogen) atoms. The third-order valence-electron chi connectivity index (χ3n) is 5.41. The molecule has 0 fully saturated rings. The number of benzene rings is 2. The van der Waals surface area contributed by atoms with Crippen LogP contribution in [0, 0.1) is 12.7 Å². The zero-order valence-electron chi connectivity index (χ0n) is 17.4. The molecule has 1 unspecified atom stereocenters. The minimum atomic E-state index is -0.165. The number of aromatic nitrogens is 2. The quantitative estimate of drug-likeness (QED) is 0.443. The highest BCUT2D eigenvalue weighted by molar-refractivity contribution is 6.51. The lowest BCUT2D eigenvalue weighted by molar-refractivity contribution is 0.573. The molecule has 146 valence electrons. The van der Waals surface area contributed by atoms with Gasteiger partial charge in [0.1, 0.15) is 5.82 Å². The number of hydrogen-bond donors (Lipinski definition) is 1. The lowest BCUT2D eigenvalue weighted by atomic mass is 9.71. The summed E-state index contributed by atoms with van der Waals surface area (Å²) in [6.45, 7) is 8.71. The first-order chi connectivity index (χ1) is 13.3. The topological polar surface area (TPSA) is 28.7 Å². The maximum Gasteiger partial charge on any atom is 0.204 e. The van der Waals surface area contributed by atoms with Crippen LogP contribution in [0.1, 0.15) is 61.9 Å². The zero-order valence-corrected chi connectivity index (χ0v) is 17.4. The van der Waals surface area contributed by atoms with Crippen LogP contribution in [-0.2, 0) is 5.41 Å². The number of H-pyrrole nitrogens is 1. The smallest absolute Gasteiger partial charge is 0.204 e. The van der Waals surface area contributed by atoms with Crippen molar-refractivity contribution >= 4 is 13.0 Å². The van der Waals surface area contributed by atoms with Gasteiger partial charge < -0.3 is 4.98 Å². The number of hydrogen-bond acceptors (Lipinski definition) is 1. The van der Waals surface area contributed by atoms with Gasteiger partial charge in [-0.25, -0.2) is 4.39 Å². The molecule has 0 aliphatic carbocycles. The van der Waals surface area contributed by atoms with Gasteiger partial charge in [-0.2, -0.15) is 0 Å². The van der Waals surface area contributed by atoms with E-state index in [0.717, 1.165) is 37.7 Å². The van der Waals surface area contributed by atoms with Crippen molar-refractivity contribution in [2.45, 2.75) is 58.2 Å². The van der Waals surface area contributed by atoms with E-state index in [1.54, 1.807) is 6.07 Å². The molecule has 2 aromatic carbocycles. The Hall–Kier alpha value is -2.36. The molecule has 1 N–H and O–H groups in total. The van der Waals surface area contributed by atoms with Gasteiger partial charge in [-0.15, -0.1) is 0 Å². The van der Waals surface area contributed by atoms with Crippen LogP contribution in [0.4, 0.5) is 4.39 Å². The van der Waals surface area contributed by atoms with Crippen LogP contribution in [0.25, 0.3) is 0 Å². The molecule has 0 spiro atoms. The van der Waals surface area contributed by atoms with E-state index in [9.17, 15) is 4.39 Å². The number of nitrogens with zero attached hydrogens (tertiary/aromatic N) is 1. The Balaban J connectivity index is 1.67. The second-order valence-corrected chi connectivity index (χ2v) is 8.70. The van der Waals surface area contributed by atoms with Gasteiger partial charge in [0.25, 0.3) is 0 Å². The molecule has 3 rings (SSSR count). The van der Waals surface area contributed by atoms with Crippen LogP contribution in [0.15, 0.2) is 54.7 Å². The van der Waals surface area contributed by atoms with Gasteiger partial charge in [0.15, 0.2) is 0 Å². The molecule has 0 radical (unpaired) electrons. The molecule has 3 aromatic rings. The number of nitrogens with one attached hydrogen (secondary N) is 1. The van der Waals surface area contributed by atoms with Crippen LogP contribution in [0.5, 0.6) is 0 Å². The van der Waals surface area contributed by atoms with E-state index < -0.39 is 0 Å². The standard InChI is InChI=1S/C24H30BFN2/c1-17-9-5-6-12-20(17)21(18-10-7-11-19(26)15-18)13-8-14-25-23-27-16-22(28-23)24(2,3)4/h5-7,9-12,15-16,21,25H,8,13-14H2,1-4H3,(H,27,28). The van der Waals surface area contributed by atoms with Crippen molar-refractivity contribution in [2.24, 2.45) is 0 Å². The summed E-state index contributed by atoms with van der Waals surface area (Å²) in [5, 5.41) is 0. The molecule has 1 heterocycles. The van der Waals surface area contributed by atoms with Crippen molar-refractivity contribution < 1.29 is 4.39 Å². The minimum Gasteiger partial charge on any atom is -0.354 e. The summed E-state index contributed by atoms with van der Waals surface area (Å²) < 4.78 is 13.8. The van der Waals surface area contributed by atoms with E-state index in [2.05, 4.69) is 61.9 Å². The summed E-state index contributed by atoms with van der Waals surface area (Å²) in [6, 6.07) is 15.5. The van der Waals surface area contributed by atoms with Crippen molar-refractivity contribution in [1.82, 2.24) is 9.97 Å². The van der Waals surface area contributed by atoms with E-state index in [1.807, 2.05) is 18.3 Å². The summed E-state index contributed by atoms with van der Waals surface area (Å²) in [6.07, 6.45) is 5.09. The normalized spacial score (nSPS) is 12.8. The van der Waals surface area contributed by atoms with Gasteiger partial charge in [0.05, 0.1) is 5.72 Å². The van der Waals surface area contributed by atoms with E-state index in [4.69, 9.17) is 0 Å². The predicted octanol–water partition coefficient (Wildman–Crippen LogP) is 5.25. The molecule has 0 aliphatic rings. The average Bonchev–Trinajstić information content (AvgIpc) is 3.12. The third kappa shape index (κ3) is 5.12. The highest BCUT2D eigenvalue weighted by Crippen LogP contribution is 2.32. The second kappa shape index (κ2) is 8.77. The van der Waals surface area contributed by atoms with Gasteiger partial charge in [-0.05, 0) is 42.2 Å². The second-order valence-electron chi connectivity index (χ2n) is 8.70. The SMILES string of the molecule is Cc1ccccc1C(CCCBc1ncc(C(C)(C)C)[nH]1)c1cccc(F)c1. The molecule has 0 saturated carbocycles. The summed E-state index contributed by atoms with van der Waals surface area (Å²) in [5.41, 5.74) is 5.95. The first kappa shape index (κ1) is 20.4. The molecule has 1 atom stereocenters. The molecule has 0 amide bonds. The Morgan fingerprint density at radius 2 is 1.89 bits per heavy atom. The fraction of sp³-hybridized carbons (Fsp3) is 0.375. The molecular weight excluding hydrogens is 346 g/mol. The molecular formula is C24H30BFN2. The van der Waals surface area contributed by atoms with E-state index in [-0.39, 0.29) is 17.2 Å². The van der Waals surface area contributed by atoms with Gasteiger partial charge in [-0.3, -0.25) is 4.98 Å². The lowest BCUT2D eigenvalue weighted by Crippen LogP contribution is -2.20. The maximum absolute atomic E-state index is 13.8. The van der Waals surface area contributed by atoms with Crippen molar-refractivity contribution in [2.75, 3.05) is 0 Å². The molecule has 0 aliphatic heterocycles. The van der Waals surface area contributed by atoms with Crippen molar-refractivity contribution in [3.05, 3.63) is 82.9 Å². The van der Waals surface area contributed by atoms with E-state index in [0.29, 0.717) is 0 Å². The molecule has 2 nitrogen and oxygen atoms in total. The number of halogens is 1. The van der Waals surface area contributed by atoms with Crippen LogP contribution in [-0.4, -0.2) is 17.2 Å². The number of aryl methyl sites for hydroxylation is 1. The largest absolute Gasteiger partial charge is 0.354 e. The van der Waals surface area contributed by atoms with Gasteiger partial charge in [0.2, 0.25) is 7.28 Å². The fourth-order valence-corrected chi connectivity index (χ4v) is 3.71. The molecule has 1 aromatic heterocycles. The third-order valence-corrected chi connectivity index (χ3v) is 5.41. The maximum atomic E-state index is 13.8. The molecule has 0 bridgehead atoms. The predicted molar refractivity (Wildman–Crippen MR) is 118 cm³/mol. The number of aromatic amines is 1. The average molecular weight is 376 g/mol. The Morgan fingerprint density at radius 3 is 2.57 bits per heavy atom. The minimum absolute atomic E-state index is 0.0958. The summed E-state index contributed by atoms with van der Waals surface area (Å²) in [7, 11) is 0.944. The first-order valence-corrected chi connectivity index (χ1v) is 10.2. The Morgan fingerprint density at radius 1 is 1.11 bits per heavy atom. The molecule has 0 saturated heterocycles. The van der Waals surface area contributed by atoms with Crippen molar-refractivity contribution in [1.29, 1.82) is 0 Å². The highest BCUT2D eigenvalue weighted by Gasteiger charge is 2.18. The van der Waals surface area contributed by atoms with Crippen LogP contribution >= 0.6 is 0 Å². The first-order valence-electron chi connectivity index (χ1n) is 10.2. The van der Waals surface area contributed by atoms with E-state index in [1.165, 1.54) is 22.9 Å². The Labute approximate surface area is 168 Å². The van der Waals surface area contributed by atoms with Crippen molar-refractivity contribution in [3.8, 4) is 0 Å². The summed E-state index contributed by atoms with van der Waals surface area (Å²) >= 11 is 0. The Bertz CT molecular complexity index is 911. The summed E-state index contributed by atoms with van der Waals surface area (Å²) in [4.78, 5) is 8.00. The summed E-state index contributed by atoms with van der Waals surface area (Å²) in [5.74, 6) is 0.0556. The number of imidazole rings is 1. The van der Waals surface area contributed by atoms with E-state index >= 15 is 0 Å². The van der Waals surface area contributed by atoms with Gasteiger partial charge >= 0.3 is 0 Å². The van der Waals surface area contributed by atoms with Crippen molar-refractivity contribution in [3.63, 3.8) is 0 Å². The lowest BCUT2D eigenvalue weighted by Gasteiger charge is -2.20. The highest BCUT2D eigenvalue weighted by atomic mass is 19.1. The molecule has 4 heteroatoms.